The molecule has 0 saturated heterocycles. The quantitative estimate of drug-likeness (QED) is 0.673. The van der Waals surface area contributed by atoms with Gasteiger partial charge in [-0.3, -0.25) is 4.90 Å². The topological polar surface area (TPSA) is 23.6 Å². The zero-order valence-electron chi connectivity index (χ0n) is 8.49. The van der Waals surface area contributed by atoms with Crippen molar-refractivity contribution in [3.05, 3.63) is 30.1 Å². The predicted molar refractivity (Wildman–Crippen MR) is 53.9 cm³/mol. The Morgan fingerprint density at radius 3 is 2.43 bits per heavy atom. The fourth-order valence-corrected chi connectivity index (χ4v) is 1.10. The molecule has 0 atom stereocenters. The van der Waals surface area contributed by atoms with E-state index in [0.29, 0.717) is 5.69 Å². The van der Waals surface area contributed by atoms with Crippen LogP contribution < -0.4 is 4.90 Å². The summed E-state index contributed by atoms with van der Waals surface area (Å²) in [6, 6.07) is 5.74. The van der Waals surface area contributed by atoms with E-state index in [-0.39, 0.29) is 11.8 Å². The summed E-state index contributed by atoms with van der Waals surface area (Å²) in [5, 5.41) is 0. The number of rotatable bonds is 1. The molecule has 0 bridgehead atoms. The smallest absolute Gasteiger partial charge is 0.323 e. The van der Waals surface area contributed by atoms with Gasteiger partial charge in [0, 0.05) is 26.8 Å². The predicted octanol–water partition coefficient (Wildman–Crippen LogP) is 1.94. The molecule has 1 aromatic rings. The second-order valence-electron chi connectivity index (χ2n) is 3.22. The minimum Gasteiger partial charge on any atom is -0.330 e. The molecule has 0 saturated carbocycles. The van der Waals surface area contributed by atoms with Gasteiger partial charge >= 0.3 is 6.03 Å². The highest BCUT2D eigenvalue weighted by Gasteiger charge is 2.12. The molecule has 0 unspecified atom stereocenters. The SMILES string of the molecule is CN(C)C(=O)N(C)c1cccc(F)c1. The maximum Gasteiger partial charge on any atom is 0.323 e. The van der Waals surface area contributed by atoms with Crippen LogP contribution in [0.1, 0.15) is 0 Å². The van der Waals surface area contributed by atoms with E-state index < -0.39 is 0 Å². The summed E-state index contributed by atoms with van der Waals surface area (Å²) >= 11 is 0. The molecule has 4 heteroatoms. The number of hydrogen-bond acceptors (Lipinski definition) is 1. The summed E-state index contributed by atoms with van der Waals surface area (Å²) in [6.45, 7) is 0. The van der Waals surface area contributed by atoms with Crippen LogP contribution in [-0.4, -0.2) is 32.1 Å². The largest absolute Gasteiger partial charge is 0.330 e. The van der Waals surface area contributed by atoms with E-state index in [1.807, 2.05) is 0 Å². The number of halogens is 1. The standard InChI is InChI=1S/C10H13FN2O/c1-12(2)10(14)13(3)9-6-4-5-8(11)7-9/h4-7H,1-3H3. The molecule has 0 radical (unpaired) electrons. The van der Waals surface area contributed by atoms with Crippen molar-refractivity contribution in [1.82, 2.24) is 4.90 Å². The van der Waals surface area contributed by atoms with Crippen LogP contribution in [0.3, 0.4) is 0 Å². The van der Waals surface area contributed by atoms with Crippen LogP contribution >= 0.6 is 0 Å². The Morgan fingerprint density at radius 1 is 1.29 bits per heavy atom. The molecule has 0 aromatic heterocycles. The van der Waals surface area contributed by atoms with E-state index in [4.69, 9.17) is 0 Å². The average molecular weight is 196 g/mol. The van der Waals surface area contributed by atoms with E-state index in [2.05, 4.69) is 0 Å². The third kappa shape index (κ3) is 2.22. The van der Waals surface area contributed by atoms with E-state index in [0.717, 1.165) is 0 Å². The molecule has 76 valence electrons. The highest BCUT2D eigenvalue weighted by Crippen LogP contribution is 2.14. The fraction of sp³-hybridized carbons (Fsp3) is 0.300. The summed E-state index contributed by atoms with van der Waals surface area (Å²) in [4.78, 5) is 14.3. The molecule has 0 aliphatic carbocycles. The highest BCUT2D eigenvalue weighted by molar-refractivity contribution is 5.90. The molecule has 1 rings (SSSR count). The highest BCUT2D eigenvalue weighted by atomic mass is 19.1. The van der Waals surface area contributed by atoms with Crippen LogP contribution in [0.4, 0.5) is 14.9 Å². The number of carbonyl (C=O) groups excluding carboxylic acids is 1. The number of hydrogen-bond donors (Lipinski definition) is 0. The van der Waals surface area contributed by atoms with Gasteiger partial charge in [0.25, 0.3) is 0 Å². The molecule has 2 amide bonds. The third-order valence-electron chi connectivity index (χ3n) is 1.87. The van der Waals surface area contributed by atoms with Gasteiger partial charge in [-0.2, -0.15) is 0 Å². The average Bonchev–Trinajstić information content (AvgIpc) is 2.15. The summed E-state index contributed by atoms with van der Waals surface area (Å²) in [5.41, 5.74) is 0.545. The second-order valence-corrected chi connectivity index (χ2v) is 3.22. The molecule has 0 aliphatic heterocycles. The Hall–Kier alpha value is -1.58. The van der Waals surface area contributed by atoms with Crippen LogP contribution in [0, 0.1) is 5.82 Å². The van der Waals surface area contributed by atoms with Gasteiger partial charge in [0.2, 0.25) is 0 Å². The first kappa shape index (κ1) is 10.5. The van der Waals surface area contributed by atoms with Crippen molar-refractivity contribution in [2.45, 2.75) is 0 Å². The molecule has 1 aromatic carbocycles. The minimum atomic E-state index is -0.346. The first-order chi connectivity index (χ1) is 6.52. The van der Waals surface area contributed by atoms with Crippen molar-refractivity contribution < 1.29 is 9.18 Å². The van der Waals surface area contributed by atoms with E-state index in [1.165, 1.54) is 21.9 Å². The van der Waals surface area contributed by atoms with Gasteiger partial charge < -0.3 is 4.90 Å². The zero-order valence-corrected chi connectivity index (χ0v) is 8.49. The molecule has 0 spiro atoms. The van der Waals surface area contributed by atoms with E-state index in [9.17, 15) is 9.18 Å². The maximum atomic E-state index is 12.8. The third-order valence-corrected chi connectivity index (χ3v) is 1.87. The summed E-state index contributed by atoms with van der Waals surface area (Å²) in [7, 11) is 4.91. The van der Waals surface area contributed by atoms with Crippen molar-refractivity contribution in [2.24, 2.45) is 0 Å². The molecule has 0 heterocycles. The van der Waals surface area contributed by atoms with Crippen LogP contribution in [0.5, 0.6) is 0 Å². The van der Waals surface area contributed by atoms with Crippen molar-refractivity contribution >= 4 is 11.7 Å². The van der Waals surface area contributed by atoms with Gasteiger partial charge in [0.05, 0.1) is 0 Å². The van der Waals surface area contributed by atoms with Crippen LogP contribution in [0.2, 0.25) is 0 Å². The molecule has 3 nitrogen and oxygen atoms in total. The lowest BCUT2D eigenvalue weighted by Gasteiger charge is -2.21. The lowest BCUT2D eigenvalue weighted by atomic mass is 10.3. The van der Waals surface area contributed by atoms with E-state index in [1.54, 1.807) is 33.3 Å². The van der Waals surface area contributed by atoms with Crippen LogP contribution in [-0.2, 0) is 0 Å². The summed E-state index contributed by atoms with van der Waals surface area (Å²) in [5.74, 6) is -0.346. The zero-order chi connectivity index (χ0) is 10.7. The first-order valence-electron chi connectivity index (χ1n) is 4.23. The molecule has 14 heavy (non-hydrogen) atoms. The monoisotopic (exact) mass is 196 g/mol. The van der Waals surface area contributed by atoms with Crippen molar-refractivity contribution in [3.63, 3.8) is 0 Å². The lowest BCUT2D eigenvalue weighted by molar-refractivity contribution is 0.225. The van der Waals surface area contributed by atoms with Gasteiger partial charge in [-0.05, 0) is 18.2 Å². The van der Waals surface area contributed by atoms with Gasteiger partial charge in [0.1, 0.15) is 5.82 Å². The molecule has 0 fully saturated rings. The number of nitrogens with zero attached hydrogens (tertiary/aromatic N) is 2. The van der Waals surface area contributed by atoms with Crippen LogP contribution in [0.25, 0.3) is 0 Å². The number of carbonyl (C=O) groups is 1. The number of urea groups is 1. The lowest BCUT2D eigenvalue weighted by Crippen LogP contribution is -2.36. The Bertz CT molecular complexity index is 339. The first-order valence-corrected chi connectivity index (χ1v) is 4.23. The van der Waals surface area contributed by atoms with Crippen LogP contribution in [0.15, 0.2) is 24.3 Å². The molecular weight excluding hydrogens is 183 g/mol. The Morgan fingerprint density at radius 2 is 1.93 bits per heavy atom. The minimum absolute atomic E-state index is 0.185. The number of amides is 2. The molecule has 0 aliphatic rings. The second kappa shape index (κ2) is 4.09. The Balaban J connectivity index is 2.89. The number of benzene rings is 1. The fourth-order valence-electron chi connectivity index (χ4n) is 1.10. The van der Waals surface area contributed by atoms with Gasteiger partial charge in [-0.25, -0.2) is 9.18 Å². The normalized spacial score (nSPS) is 9.71. The van der Waals surface area contributed by atoms with E-state index >= 15 is 0 Å². The van der Waals surface area contributed by atoms with Gasteiger partial charge in [-0.1, -0.05) is 6.07 Å². The maximum absolute atomic E-state index is 12.8. The number of anilines is 1. The van der Waals surface area contributed by atoms with Crippen molar-refractivity contribution in [2.75, 3.05) is 26.0 Å². The summed E-state index contributed by atoms with van der Waals surface area (Å²) in [6.07, 6.45) is 0. The molecular formula is C10H13FN2O. The van der Waals surface area contributed by atoms with Crippen molar-refractivity contribution in [1.29, 1.82) is 0 Å². The molecule has 0 N–H and O–H groups in total. The van der Waals surface area contributed by atoms with Gasteiger partial charge in [-0.15, -0.1) is 0 Å². The van der Waals surface area contributed by atoms with Gasteiger partial charge in [0.15, 0.2) is 0 Å². The Kier molecular flexibility index (Phi) is 3.06. The Labute approximate surface area is 82.7 Å². The summed E-state index contributed by atoms with van der Waals surface area (Å²) < 4.78 is 12.8. The van der Waals surface area contributed by atoms with Crippen molar-refractivity contribution in [3.8, 4) is 0 Å².